The normalized spacial score (nSPS) is 17.1. The first-order chi connectivity index (χ1) is 13.7. The molecule has 2 aromatic rings. The molecule has 6 nitrogen and oxygen atoms in total. The van der Waals surface area contributed by atoms with Crippen LogP contribution in [0.1, 0.15) is 48.3 Å². The predicted octanol–water partition coefficient (Wildman–Crippen LogP) is 3.46. The molecule has 0 aliphatic carbocycles. The predicted molar refractivity (Wildman–Crippen MR) is 118 cm³/mol. The van der Waals surface area contributed by atoms with Gasteiger partial charge in [-0.15, -0.1) is 22.7 Å². The number of rotatable bonds is 8. The van der Waals surface area contributed by atoms with E-state index in [0.717, 1.165) is 56.1 Å². The van der Waals surface area contributed by atoms with E-state index >= 15 is 0 Å². The molecule has 0 radical (unpaired) electrons. The molecule has 0 amide bonds. The molecular weight excluding hydrogens is 390 g/mol. The van der Waals surface area contributed by atoms with E-state index in [-0.39, 0.29) is 0 Å². The summed E-state index contributed by atoms with van der Waals surface area (Å²) in [6.07, 6.45) is 0. The van der Waals surface area contributed by atoms with Crippen LogP contribution in [0.4, 0.5) is 0 Å². The van der Waals surface area contributed by atoms with Gasteiger partial charge < -0.3 is 15.4 Å². The highest BCUT2D eigenvalue weighted by molar-refractivity contribution is 7.10. The molecule has 0 spiro atoms. The molecule has 0 aromatic carbocycles. The summed E-state index contributed by atoms with van der Waals surface area (Å²) >= 11 is 3.50. The van der Waals surface area contributed by atoms with Crippen molar-refractivity contribution in [2.45, 2.75) is 39.3 Å². The average Bonchev–Trinajstić information content (AvgIpc) is 3.39. The fraction of sp³-hybridized carbons (Fsp3) is 0.600. The lowest BCUT2D eigenvalue weighted by molar-refractivity contribution is 0.0177. The largest absolute Gasteiger partial charge is 0.379 e. The number of thiophene rings is 1. The van der Waals surface area contributed by atoms with Crippen molar-refractivity contribution in [1.82, 2.24) is 20.5 Å². The van der Waals surface area contributed by atoms with Crippen molar-refractivity contribution in [3.63, 3.8) is 0 Å². The Bertz CT molecular complexity index is 723. The Labute approximate surface area is 176 Å². The fourth-order valence-corrected chi connectivity index (χ4v) is 4.86. The molecule has 1 aliphatic heterocycles. The summed E-state index contributed by atoms with van der Waals surface area (Å²) in [7, 11) is 0. The van der Waals surface area contributed by atoms with E-state index in [4.69, 9.17) is 9.73 Å². The van der Waals surface area contributed by atoms with Gasteiger partial charge in [-0.1, -0.05) is 19.9 Å². The van der Waals surface area contributed by atoms with E-state index in [2.05, 4.69) is 64.2 Å². The Balaban J connectivity index is 1.64. The molecule has 1 atom stereocenters. The molecule has 0 bridgehead atoms. The summed E-state index contributed by atoms with van der Waals surface area (Å²) in [4.78, 5) is 13.3. The van der Waals surface area contributed by atoms with Gasteiger partial charge in [0.25, 0.3) is 0 Å². The van der Waals surface area contributed by atoms with Gasteiger partial charge in [-0.2, -0.15) is 0 Å². The first kappa shape index (κ1) is 21.2. The standard InChI is InChI=1S/C20H31N5OS2/c1-4-21-20(23-13-19-24-16(14-28-19)15(2)3)22-12-17(18-6-5-11-27-18)25-7-9-26-10-8-25/h5-6,11,14-15,17H,4,7-10,12-13H2,1-3H3,(H2,21,22,23). The monoisotopic (exact) mass is 421 g/mol. The van der Waals surface area contributed by atoms with E-state index in [1.165, 1.54) is 4.88 Å². The van der Waals surface area contributed by atoms with E-state index in [9.17, 15) is 0 Å². The van der Waals surface area contributed by atoms with Crippen molar-refractivity contribution < 1.29 is 4.74 Å². The molecule has 1 fully saturated rings. The minimum atomic E-state index is 0.333. The summed E-state index contributed by atoms with van der Waals surface area (Å²) in [5.41, 5.74) is 1.15. The molecule has 8 heteroatoms. The molecule has 154 valence electrons. The lowest BCUT2D eigenvalue weighted by atomic mass is 10.2. The Kier molecular flexibility index (Phi) is 8.27. The van der Waals surface area contributed by atoms with E-state index in [0.29, 0.717) is 18.5 Å². The second-order valence-corrected chi connectivity index (χ2v) is 9.00. The zero-order valence-corrected chi connectivity index (χ0v) is 18.6. The quantitative estimate of drug-likeness (QED) is 0.505. The maximum absolute atomic E-state index is 5.54. The van der Waals surface area contributed by atoms with Crippen LogP contribution in [0, 0.1) is 0 Å². The second kappa shape index (κ2) is 10.9. The molecule has 1 aliphatic rings. The number of thiazole rings is 1. The maximum atomic E-state index is 5.54. The molecule has 2 aromatic heterocycles. The number of nitrogens with one attached hydrogen (secondary N) is 2. The van der Waals surface area contributed by atoms with Crippen LogP contribution >= 0.6 is 22.7 Å². The third-order valence-electron chi connectivity index (χ3n) is 4.70. The highest BCUT2D eigenvalue weighted by atomic mass is 32.1. The Morgan fingerprint density at radius 3 is 2.75 bits per heavy atom. The van der Waals surface area contributed by atoms with Gasteiger partial charge >= 0.3 is 0 Å². The van der Waals surface area contributed by atoms with E-state index in [1.54, 1.807) is 11.3 Å². The van der Waals surface area contributed by atoms with Crippen molar-refractivity contribution in [3.8, 4) is 0 Å². The highest BCUT2D eigenvalue weighted by Crippen LogP contribution is 2.25. The van der Waals surface area contributed by atoms with Gasteiger partial charge in [0.1, 0.15) is 5.01 Å². The SMILES string of the molecule is CCNC(=NCc1nc(C(C)C)cs1)NCC(c1cccs1)N1CCOCC1. The summed E-state index contributed by atoms with van der Waals surface area (Å²) in [6, 6.07) is 4.68. The van der Waals surface area contributed by atoms with Crippen molar-refractivity contribution in [2.24, 2.45) is 4.99 Å². The van der Waals surface area contributed by atoms with Crippen LogP contribution in [-0.2, 0) is 11.3 Å². The Morgan fingerprint density at radius 2 is 2.11 bits per heavy atom. The van der Waals surface area contributed by atoms with Crippen LogP contribution in [0.5, 0.6) is 0 Å². The number of guanidine groups is 1. The smallest absolute Gasteiger partial charge is 0.191 e. The maximum Gasteiger partial charge on any atom is 0.191 e. The van der Waals surface area contributed by atoms with Crippen LogP contribution in [0.2, 0.25) is 0 Å². The van der Waals surface area contributed by atoms with Gasteiger partial charge in [-0.25, -0.2) is 9.98 Å². The highest BCUT2D eigenvalue weighted by Gasteiger charge is 2.23. The Hall–Kier alpha value is -1.48. The summed E-state index contributed by atoms with van der Waals surface area (Å²) in [5.74, 6) is 1.30. The minimum Gasteiger partial charge on any atom is -0.379 e. The van der Waals surface area contributed by atoms with Gasteiger partial charge in [-0.05, 0) is 24.3 Å². The lowest BCUT2D eigenvalue weighted by Gasteiger charge is -2.34. The molecule has 28 heavy (non-hydrogen) atoms. The minimum absolute atomic E-state index is 0.333. The fourth-order valence-electron chi connectivity index (χ4n) is 3.12. The summed E-state index contributed by atoms with van der Waals surface area (Å²) < 4.78 is 5.54. The van der Waals surface area contributed by atoms with Crippen LogP contribution < -0.4 is 10.6 Å². The van der Waals surface area contributed by atoms with Crippen molar-refractivity contribution >= 4 is 28.6 Å². The summed E-state index contributed by atoms with van der Waals surface area (Å²) in [5, 5.41) is 12.3. The number of morpholine rings is 1. The van der Waals surface area contributed by atoms with Crippen molar-refractivity contribution in [3.05, 3.63) is 38.5 Å². The zero-order chi connectivity index (χ0) is 19.8. The van der Waals surface area contributed by atoms with Gasteiger partial charge in [0, 0.05) is 36.4 Å². The first-order valence-corrected chi connectivity index (χ1v) is 11.7. The molecular formula is C20H31N5OS2. The van der Waals surface area contributed by atoms with Crippen LogP contribution in [0.25, 0.3) is 0 Å². The molecule has 3 rings (SSSR count). The van der Waals surface area contributed by atoms with E-state index < -0.39 is 0 Å². The lowest BCUT2D eigenvalue weighted by Crippen LogP contribution is -2.46. The third kappa shape index (κ3) is 6.01. The van der Waals surface area contributed by atoms with Crippen LogP contribution in [-0.4, -0.2) is 55.2 Å². The zero-order valence-electron chi connectivity index (χ0n) is 17.0. The second-order valence-electron chi connectivity index (χ2n) is 7.08. The van der Waals surface area contributed by atoms with Gasteiger partial charge in [0.15, 0.2) is 5.96 Å². The summed E-state index contributed by atoms with van der Waals surface area (Å²) in [6.45, 7) is 12.2. The van der Waals surface area contributed by atoms with E-state index in [1.807, 2.05) is 11.3 Å². The van der Waals surface area contributed by atoms with Crippen molar-refractivity contribution in [1.29, 1.82) is 0 Å². The number of aliphatic imine (C=N–C) groups is 1. The molecule has 1 unspecified atom stereocenters. The van der Waals surface area contributed by atoms with Gasteiger partial charge in [-0.3, -0.25) is 4.90 Å². The number of nitrogens with zero attached hydrogens (tertiary/aromatic N) is 3. The number of hydrogen-bond donors (Lipinski definition) is 2. The molecule has 0 saturated carbocycles. The van der Waals surface area contributed by atoms with Crippen LogP contribution in [0.15, 0.2) is 27.9 Å². The average molecular weight is 422 g/mol. The van der Waals surface area contributed by atoms with Crippen molar-refractivity contribution in [2.75, 3.05) is 39.4 Å². The topological polar surface area (TPSA) is 61.8 Å². The number of hydrogen-bond acceptors (Lipinski definition) is 6. The first-order valence-electron chi connectivity index (χ1n) is 9.99. The van der Waals surface area contributed by atoms with Crippen LogP contribution in [0.3, 0.4) is 0 Å². The van der Waals surface area contributed by atoms with Gasteiger partial charge in [0.2, 0.25) is 0 Å². The van der Waals surface area contributed by atoms with Gasteiger partial charge in [0.05, 0.1) is 31.5 Å². The number of ether oxygens (including phenoxy) is 1. The Morgan fingerprint density at radius 1 is 1.29 bits per heavy atom. The number of aromatic nitrogens is 1. The molecule has 1 saturated heterocycles. The molecule has 3 heterocycles. The molecule has 2 N–H and O–H groups in total. The third-order valence-corrected chi connectivity index (χ3v) is 6.52.